The summed E-state index contributed by atoms with van der Waals surface area (Å²) < 4.78 is 67.0. The van der Waals surface area contributed by atoms with Crippen molar-refractivity contribution < 1.29 is 26.5 Å². The fourth-order valence-electron chi connectivity index (χ4n) is 3.32. The van der Waals surface area contributed by atoms with Crippen LogP contribution >= 0.6 is 11.6 Å². The van der Waals surface area contributed by atoms with Crippen LogP contribution in [-0.4, -0.2) is 53.6 Å². The number of nitrogens with zero attached hydrogens (tertiary/aromatic N) is 5. The van der Waals surface area contributed by atoms with E-state index in [1.54, 1.807) is 0 Å². The molecule has 1 saturated heterocycles. The summed E-state index contributed by atoms with van der Waals surface area (Å²) >= 11 is 6.07. The normalized spacial score (nSPS) is 16.1. The summed E-state index contributed by atoms with van der Waals surface area (Å²) in [5.74, 6) is 0. The molecule has 0 atom stereocenters. The van der Waals surface area contributed by atoms with Crippen LogP contribution in [0.2, 0.25) is 5.15 Å². The van der Waals surface area contributed by atoms with Gasteiger partial charge in [0, 0.05) is 39.3 Å². The lowest BCUT2D eigenvalue weighted by Crippen LogP contribution is -2.49. The van der Waals surface area contributed by atoms with Gasteiger partial charge in [-0.1, -0.05) is 11.6 Å². The molecule has 1 fully saturated rings. The zero-order valence-corrected chi connectivity index (χ0v) is 17.4. The fraction of sp³-hybridized carbons (Fsp3) is 0.438. The number of benzene rings is 1. The van der Waals surface area contributed by atoms with Crippen LogP contribution in [0.15, 0.2) is 23.1 Å². The second-order valence-electron chi connectivity index (χ2n) is 6.68. The maximum atomic E-state index is 13.0. The third-order valence-electron chi connectivity index (χ3n) is 4.78. The number of anilines is 1. The average Bonchev–Trinajstić information content (AvgIpc) is 2.92. The molecule has 1 aliphatic rings. The molecule has 1 aliphatic heterocycles. The number of aryl methyl sites for hydroxylation is 2. The lowest BCUT2D eigenvalue weighted by molar-refractivity contribution is -0.384. The predicted octanol–water partition coefficient (Wildman–Crippen LogP) is 2.82. The van der Waals surface area contributed by atoms with Gasteiger partial charge in [-0.05, 0) is 19.1 Å². The quantitative estimate of drug-likeness (QED) is 0.506. The molecule has 164 valence electrons. The van der Waals surface area contributed by atoms with Crippen molar-refractivity contribution >= 4 is 33.0 Å². The van der Waals surface area contributed by atoms with Gasteiger partial charge in [0.2, 0.25) is 10.0 Å². The van der Waals surface area contributed by atoms with Gasteiger partial charge in [-0.3, -0.25) is 14.8 Å². The zero-order chi connectivity index (χ0) is 22.4. The van der Waals surface area contributed by atoms with Crippen molar-refractivity contribution in [1.29, 1.82) is 0 Å². The maximum absolute atomic E-state index is 13.0. The third-order valence-corrected chi connectivity index (χ3v) is 7.37. The highest BCUT2D eigenvalue weighted by molar-refractivity contribution is 7.89. The molecular formula is C16H17ClF3N5O4S. The van der Waals surface area contributed by atoms with E-state index in [2.05, 4.69) is 5.10 Å². The van der Waals surface area contributed by atoms with E-state index in [-0.39, 0.29) is 47.6 Å². The number of nitro groups is 1. The first-order chi connectivity index (χ1) is 13.8. The zero-order valence-electron chi connectivity index (χ0n) is 15.8. The van der Waals surface area contributed by atoms with Gasteiger partial charge in [0.1, 0.15) is 15.7 Å². The molecule has 0 amide bonds. The number of hydrogen-bond acceptors (Lipinski definition) is 6. The van der Waals surface area contributed by atoms with Gasteiger partial charge in [-0.2, -0.15) is 22.6 Å². The van der Waals surface area contributed by atoms with E-state index < -0.39 is 32.4 Å². The van der Waals surface area contributed by atoms with E-state index in [9.17, 15) is 31.7 Å². The molecule has 30 heavy (non-hydrogen) atoms. The third kappa shape index (κ3) is 3.96. The Hall–Kier alpha value is -2.38. The largest absolute Gasteiger partial charge is 0.416 e. The number of sulfonamides is 1. The molecule has 0 saturated carbocycles. The van der Waals surface area contributed by atoms with Crippen LogP contribution in [0.3, 0.4) is 0 Å². The van der Waals surface area contributed by atoms with Crippen LogP contribution in [0.5, 0.6) is 0 Å². The standard InChI is InChI=1S/C16H17ClF3N5O4S/c1-10-14(15(17)22(2)21-10)30(28,29)24-7-5-23(6-8-24)12-4-3-11(16(18,19)20)9-13(12)25(26)27/h3-4,9H,5-8H2,1-2H3. The number of piperazine rings is 1. The monoisotopic (exact) mass is 467 g/mol. The minimum absolute atomic E-state index is 0.000591. The molecule has 0 bridgehead atoms. The molecule has 9 nitrogen and oxygen atoms in total. The molecule has 2 aromatic rings. The maximum Gasteiger partial charge on any atom is 0.416 e. The van der Waals surface area contributed by atoms with E-state index in [4.69, 9.17) is 11.6 Å². The van der Waals surface area contributed by atoms with Crippen LogP contribution < -0.4 is 4.90 Å². The van der Waals surface area contributed by atoms with Gasteiger partial charge in [0.15, 0.2) is 0 Å². The van der Waals surface area contributed by atoms with Crippen molar-refractivity contribution in [3.63, 3.8) is 0 Å². The first-order valence-electron chi connectivity index (χ1n) is 8.64. The van der Waals surface area contributed by atoms with Crippen molar-refractivity contribution in [1.82, 2.24) is 14.1 Å². The van der Waals surface area contributed by atoms with E-state index in [1.807, 2.05) is 0 Å². The Morgan fingerprint density at radius 3 is 2.27 bits per heavy atom. The Kier molecular flexibility index (Phi) is 5.73. The lowest BCUT2D eigenvalue weighted by Gasteiger charge is -2.35. The second kappa shape index (κ2) is 7.71. The Bertz CT molecular complexity index is 1100. The topological polar surface area (TPSA) is 102 Å². The summed E-state index contributed by atoms with van der Waals surface area (Å²) in [7, 11) is -2.44. The van der Waals surface area contributed by atoms with Gasteiger partial charge < -0.3 is 4.90 Å². The number of aromatic nitrogens is 2. The molecular weight excluding hydrogens is 451 g/mol. The smallest absolute Gasteiger partial charge is 0.363 e. The Morgan fingerprint density at radius 1 is 1.20 bits per heavy atom. The molecule has 14 heteroatoms. The van der Waals surface area contributed by atoms with Gasteiger partial charge in [0.05, 0.1) is 16.2 Å². The Balaban J connectivity index is 1.84. The summed E-state index contributed by atoms with van der Waals surface area (Å²) in [5, 5.41) is 15.3. The number of rotatable bonds is 4. The fourth-order valence-corrected chi connectivity index (χ4v) is 5.44. The van der Waals surface area contributed by atoms with Crippen molar-refractivity contribution in [2.45, 2.75) is 18.0 Å². The highest BCUT2D eigenvalue weighted by Crippen LogP contribution is 2.37. The minimum atomic E-state index is -4.71. The number of halogens is 4. The first-order valence-corrected chi connectivity index (χ1v) is 10.5. The van der Waals surface area contributed by atoms with E-state index in [1.165, 1.54) is 27.9 Å². The lowest BCUT2D eigenvalue weighted by atomic mass is 10.1. The van der Waals surface area contributed by atoms with Crippen molar-refractivity contribution in [3.05, 3.63) is 44.7 Å². The average molecular weight is 468 g/mol. The number of nitro benzene ring substituents is 1. The predicted molar refractivity (Wildman–Crippen MR) is 102 cm³/mol. The van der Waals surface area contributed by atoms with Crippen LogP contribution in [0.25, 0.3) is 0 Å². The van der Waals surface area contributed by atoms with Gasteiger partial charge in [0.25, 0.3) is 5.69 Å². The van der Waals surface area contributed by atoms with E-state index >= 15 is 0 Å². The molecule has 0 unspecified atom stereocenters. The van der Waals surface area contributed by atoms with Gasteiger partial charge in [-0.15, -0.1) is 0 Å². The summed E-state index contributed by atoms with van der Waals surface area (Å²) in [6.45, 7) is 1.58. The van der Waals surface area contributed by atoms with Crippen molar-refractivity contribution in [2.75, 3.05) is 31.1 Å². The van der Waals surface area contributed by atoms with Crippen LogP contribution in [0.4, 0.5) is 24.5 Å². The van der Waals surface area contributed by atoms with Gasteiger partial charge in [-0.25, -0.2) is 8.42 Å². The Morgan fingerprint density at radius 2 is 1.80 bits per heavy atom. The van der Waals surface area contributed by atoms with Crippen LogP contribution in [0, 0.1) is 17.0 Å². The SMILES string of the molecule is Cc1nn(C)c(Cl)c1S(=O)(=O)N1CCN(c2ccc(C(F)(F)F)cc2[N+](=O)[O-])CC1. The number of hydrogen-bond donors (Lipinski definition) is 0. The minimum Gasteiger partial charge on any atom is -0.363 e. The summed E-state index contributed by atoms with van der Waals surface area (Å²) in [4.78, 5) is 11.8. The Labute approximate surface area is 174 Å². The van der Waals surface area contributed by atoms with Crippen LogP contribution in [0.1, 0.15) is 11.3 Å². The van der Waals surface area contributed by atoms with Gasteiger partial charge >= 0.3 is 6.18 Å². The van der Waals surface area contributed by atoms with Crippen LogP contribution in [-0.2, 0) is 23.2 Å². The molecule has 0 spiro atoms. The molecule has 3 rings (SSSR count). The summed E-state index contributed by atoms with van der Waals surface area (Å²) in [5.41, 5.74) is -1.57. The van der Waals surface area contributed by atoms with Crippen molar-refractivity contribution in [3.8, 4) is 0 Å². The molecule has 0 radical (unpaired) electrons. The highest BCUT2D eigenvalue weighted by Gasteiger charge is 2.36. The molecule has 2 heterocycles. The van der Waals surface area contributed by atoms with E-state index in [0.717, 1.165) is 12.1 Å². The first kappa shape index (κ1) is 22.3. The molecule has 1 aromatic heterocycles. The summed E-state index contributed by atoms with van der Waals surface area (Å²) in [6, 6.07) is 2.29. The molecule has 0 aliphatic carbocycles. The second-order valence-corrected chi connectivity index (χ2v) is 8.91. The molecule has 1 aromatic carbocycles. The number of alkyl halides is 3. The van der Waals surface area contributed by atoms with E-state index in [0.29, 0.717) is 6.07 Å². The van der Waals surface area contributed by atoms with Crippen molar-refractivity contribution in [2.24, 2.45) is 7.05 Å². The highest BCUT2D eigenvalue weighted by atomic mass is 35.5. The molecule has 0 N–H and O–H groups in total. The summed E-state index contributed by atoms with van der Waals surface area (Å²) in [6.07, 6.45) is -4.71.